The topological polar surface area (TPSA) is 307 Å². The van der Waals surface area contributed by atoms with E-state index in [2.05, 4.69) is 79.9 Å². The van der Waals surface area contributed by atoms with Crippen molar-refractivity contribution >= 4 is 5.91 Å². The highest BCUT2D eigenvalue weighted by Gasteiger charge is 2.54. The molecule has 3 aliphatic heterocycles. The van der Waals surface area contributed by atoms with Gasteiger partial charge in [-0.15, -0.1) is 0 Å². The van der Waals surface area contributed by atoms with Gasteiger partial charge in [0.1, 0.15) is 73.2 Å². The van der Waals surface area contributed by atoms with Gasteiger partial charge in [-0.1, -0.05) is 312 Å². The third-order valence-corrected chi connectivity index (χ3v) is 20.1. The van der Waals surface area contributed by atoms with Crippen LogP contribution in [0, 0.1) is 0 Å². The van der Waals surface area contributed by atoms with E-state index in [9.17, 15) is 61.0 Å². The molecular formula is C81H147NO18. The van der Waals surface area contributed by atoms with Crippen LogP contribution in [0.2, 0.25) is 0 Å². The molecular weight excluding hydrogens is 1270 g/mol. The van der Waals surface area contributed by atoms with Gasteiger partial charge in [-0.05, 0) is 57.8 Å². The highest BCUT2D eigenvalue weighted by atomic mass is 16.8. The Labute approximate surface area is 605 Å². The van der Waals surface area contributed by atoms with E-state index in [1.165, 1.54) is 199 Å². The molecule has 0 spiro atoms. The molecule has 12 N–H and O–H groups in total. The molecule has 19 heteroatoms. The Morgan fingerprint density at radius 3 is 1.08 bits per heavy atom. The predicted molar refractivity (Wildman–Crippen MR) is 397 cm³/mol. The van der Waals surface area contributed by atoms with E-state index in [0.29, 0.717) is 12.8 Å². The van der Waals surface area contributed by atoms with Crippen LogP contribution in [0.5, 0.6) is 0 Å². The van der Waals surface area contributed by atoms with Crippen molar-refractivity contribution in [1.29, 1.82) is 0 Å². The summed E-state index contributed by atoms with van der Waals surface area (Å²) in [4.78, 5) is 13.5. The van der Waals surface area contributed by atoms with Crippen molar-refractivity contribution in [3.05, 3.63) is 60.8 Å². The summed E-state index contributed by atoms with van der Waals surface area (Å²) in [5.74, 6) is -0.242. The summed E-state index contributed by atoms with van der Waals surface area (Å²) in [7, 11) is 0. The summed E-state index contributed by atoms with van der Waals surface area (Å²) in [6.45, 7) is 1.73. The zero-order chi connectivity index (χ0) is 72.5. The van der Waals surface area contributed by atoms with Crippen molar-refractivity contribution < 1.29 is 89.4 Å². The van der Waals surface area contributed by atoms with Crippen LogP contribution in [0.3, 0.4) is 0 Å². The van der Waals surface area contributed by atoms with Crippen LogP contribution in [0.1, 0.15) is 316 Å². The lowest BCUT2D eigenvalue weighted by molar-refractivity contribution is -0.379. The van der Waals surface area contributed by atoms with Gasteiger partial charge in [0.25, 0.3) is 0 Å². The number of hydrogen-bond donors (Lipinski definition) is 12. The van der Waals surface area contributed by atoms with E-state index < -0.39 is 124 Å². The summed E-state index contributed by atoms with van der Waals surface area (Å²) in [6, 6.07) is -0.892. The Bertz CT molecular complexity index is 2040. The summed E-state index contributed by atoms with van der Waals surface area (Å²) in [5.41, 5.74) is 0. The third-order valence-electron chi connectivity index (χ3n) is 20.1. The van der Waals surface area contributed by atoms with Crippen molar-refractivity contribution in [3.63, 3.8) is 0 Å². The van der Waals surface area contributed by atoms with E-state index in [1.54, 1.807) is 0 Å². The largest absolute Gasteiger partial charge is 0.394 e. The fourth-order valence-corrected chi connectivity index (χ4v) is 13.6. The number of rotatable bonds is 64. The molecule has 3 fully saturated rings. The van der Waals surface area contributed by atoms with Crippen molar-refractivity contribution in [2.45, 2.75) is 420 Å². The molecule has 17 unspecified atom stereocenters. The highest BCUT2D eigenvalue weighted by Crippen LogP contribution is 2.33. The fourth-order valence-electron chi connectivity index (χ4n) is 13.6. The lowest BCUT2D eigenvalue weighted by Crippen LogP contribution is -2.66. The molecule has 3 saturated heterocycles. The van der Waals surface area contributed by atoms with Crippen LogP contribution in [-0.2, 0) is 33.2 Å². The number of aliphatic hydroxyl groups excluding tert-OH is 11. The molecule has 17 atom stereocenters. The first-order valence-corrected chi connectivity index (χ1v) is 40.5. The van der Waals surface area contributed by atoms with Gasteiger partial charge in [0.15, 0.2) is 18.9 Å². The van der Waals surface area contributed by atoms with Gasteiger partial charge in [0.2, 0.25) is 5.91 Å². The van der Waals surface area contributed by atoms with Gasteiger partial charge in [-0.2, -0.15) is 0 Å². The maximum atomic E-state index is 13.5. The zero-order valence-electron chi connectivity index (χ0n) is 62.4. The highest BCUT2D eigenvalue weighted by molar-refractivity contribution is 5.76. The Morgan fingerprint density at radius 2 is 0.690 bits per heavy atom. The van der Waals surface area contributed by atoms with Crippen molar-refractivity contribution in [2.24, 2.45) is 0 Å². The predicted octanol–water partition coefficient (Wildman–Crippen LogP) is 13.5. The van der Waals surface area contributed by atoms with Crippen LogP contribution in [-0.4, -0.2) is 193 Å². The van der Waals surface area contributed by atoms with Crippen LogP contribution in [0.4, 0.5) is 0 Å². The molecule has 584 valence electrons. The van der Waals surface area contributed by atoms with Crippen LogP contribution in [0.25, 0.3) is 0 Å². The van der Waals surface area contributed by atoms with Gasteiger partial charge >= 0.3 is 0 Å². The standard InChI is InChI=1S/C81H147NO18/c1-3-5-7-9-11-13-15-17-19-21-23-25-27-29-31-32-33-35-37-39-41-43-45-47-49-51-53-55-57-59-69(87)82-64(65(86)58-56-54-52-50-48-46-44-42-40-38-36-34-30-28-26-24-22-20-18-16-14-12-10-8-6-4-2)63-95-79-75(93)72(90)77(67(61-84)97-79)100-81-76(94)73(91)78(68(62-85)98-81)99-80-74(92)71(89)70(88)66(60-83)96-80/h5,7,11,13,17,19,23,25,29,31,64-68,70-81,83-86,88-94H,3-4,6,8-10,12,14-16,18,20-22,24,26-28,30,32-63H2,1-2H3,(H,82,87)/b7-5-,13-11-,19-17-,25-23-,31-29-. The Morgan fingerprint density at radius 1 is 0.370 bits per heavy atom. The molecule has 0 radical (unpaired) electrons. The molecule has 19 nitrogen and oxygen atoms in total. The fraction of sp³-hybridized carbons (Fsp3) is 0.864. The minimum atomic E-state index is -1.97. The van der Waals surface area contributed by atoms with Gasteiger partial charge < -0.3 is 89.9 Å². The first kappa shape index (κ1) is 91.7. The maximum absolute atomic E-state index is 13.5. The lowest BCUT2D eigenvalue weighted by atomic mass is 9.96. The van der Waals surface area contributed by atoms with E-state index in [4.69, 9.17) is 28.4 Å². The molecule has 0 aliphatic carbocycles. The van der Waals surface area contributed by atoms with E-state index in [-0.39, 0.29) is 18.9 Å². The van der Waals surface area contributed by atoms with Crippen LogP contribution in [0.15, 0.2) is 60.8 Å². The van der Waals surface area contributed by atoms with Crippen molar-refractivity contribution in [2.75, 3.05) is 26.4 Å². The number of unbranched alkanes of at least 4 members (excludes halogenated alkanes) is 38. The van der Waals surface area contributed by atoms with E-state index >= 15 is 0 Å². The number of ether oxygens (including phenoxy) is 6. The molecule has 3 rings (SSSR count). The molecule has 0 aromatic heterocycles. The smallest absolute Gasteiger partial charge is 0.220 e. The van der Waals surface area contributed by atoms with Crippen molar-refractivity contribution in [1.82, 2.24) is 5.32 Å². The quantitative estimate of drug-likeness (QED) is 0.0199. The lowest BCUT2D eigenvalue weighted by Gasteiger charge is -2.48. The Kier molecular flexibility index (Phi) is 56.5. The van der Waals surface area contributed by atoms with Gasteiger partial charge in [-0.3, -0.25) is 4.79 Å². The SMILES string of the molecule is CC/C=C\C/C=C\C/C=C\C/C=C\C/C=C\CCCCCCCCCCCCCCCC(=O)NC(COC1OC(CO)C(OC2OC(CO)C(OC3OC(CO)C(O)C(O)C3O)C(O)C2O)C(O)C1O)C(O)CCCCCCCCCCCCCCCCCCCCCCCCCCCC. The second-order valence-corrected chi connectivity index (χ2v) is 28.9. The zero-order valence-corrected chi connectivity index (χ0v) is 62.4. The number of nitrogens with one attached hydrogen (secondary N) is 1. The monoisotopic (exact) mass is 1420 g/mol. The van der Waals surface area contributed by atoms with Gasteiger partial charge in [0, 0.05) is 6.42 Å². The third kappa shape index (κ3) is 41.4. The number of allylic oxidation sites excluding steroid dienone is 10. The van der Waals surface area contributed by atoms with Crippen LogP contribution < -0.4 is 5.32 Å². The molecule has 1 amide bonds. The first-order valence-electron chi connectivity index (χ1n) is 40.5. The number of hydrogen-bond acceptors (Lipinski definition) is 18. The number of carbonyl (C=O) groups is 1. The molecule has 0 bridgehead atoms. The van der Waals surface area contributed by atoms with Crippen LogP contribution >= 0.6 is 0 Å². The average Bonchev–Trinajstić information content (AvgIpc) is 0.783. The van der Waals surface area contributed by atoms with Gasteiger partial charge in [-0.25, -0.2) is 0 Å². The maximum Gasteiger partial charge on any atom is 0.220 e. The molecule has 0 aromatic rings. The molecule has 100 heavy (non-hydrogen) atoms. The summed E-state index contributed by atoms with van der Waals surface area (Å²) in [6.07, 6.45) is 51.6. The molecule has 3 aliphatic rings. The van der Waals surface area contributed by atoms with Gasteiger partial charge in [0.05, 0.1) is 38.6 Å². The minimum Gasteiger partial charge on any atom is -0.394 e. The summed E-state index contributed by atoms with van der Waals surface area (Å²) < 4.78 is 34.5. The number of carbonyl (C=O) groups excluding carboxylic acids is 1. The minimum absolute atomic E-state index is 0.242. The van der Waals surface area contributed by atoms with E-state index in [1.807, 2.05) is 0 Å². The summed E-state index contributed by atoms with van der Waals surface area (Å²) in [5, 5.41) is 121. The Balaban J connectivity index is 1.37. The second kappa shape index (κ2) is 61.6. The van der Waals surface area contributed by atoms with Crippen molar-refractivity contribution in [3.8, 4) is 0 Å². The molecule has 3 heterocycles. The number of amides is 1. The van der Waals surface area contributed by atoms with E-state index in [0.717, 1.165) is 83.5 Å². The number of aliphatic hydroxyl groups is 11. The Hall–Kier alpha value is -2.51. The average molecular weight is 1420 g/mol. The summed E-state index contributed by atoms with van der Waals surface area (Å²) >= 11 is 0. The molecule has 0 saturated carbocycles. The molecule has 0 aromatic carbocycles. The first-order chi connectivity index (χ1) is 48.8. The second-order valence-electron chi connectivity index (χ2n) is 28.9. The normalized spacial score (nSPS) is 26.8.